The van der Waals surface area contributed by atoms with E-state index in [0.717, 1.165) is 23.2 Å². The summed E-state index contributed by atoms with van der Waals surface area (Å²) in [6, 6.07) is 8.80. The van der Waals surface area contributed by atoms with Crippen molar-refractivity contribution in [1.82, 2.24) is 14.8 Å². The van der Waals surface area contributed by atoms with Gasteiger partial charge in [0.1, 0.15) is 5.75 Å². The number of hydrogen-bond acceptors (Lipinski definition) is 3. The van der Waals surface area contributed by atoms with Crippen molar-refractivity contribution in [2.75, 3.05) is 26.7 Å². The van der Waals surface area contributed by atoms with E-state index in [0.29, 0.717) is 24.9 Å². The lowest BCUT2D eigenvalue weighted by Crippen LogP contribution is -2.51. The summed E-state index contributed by atoms with van der Waals surface area (Å²) >= 11 is 0. The summed E-state index contributed by atoms with van der Waals surface area (Å²) < 4.78 is 7.56. The lowest BCUT2D eigenvalue weighted by Gasteiger charge is -2.44. The normalized spacial score (nSPS) is 23.1. The van der Waals surface area contributed by atoms with E-state index < -0.39 is 0 Å². The van der Waals surface area contributed by atoms with E-state index in [2.05, 4.69) is 26.9 Å². The van der Waals surface area contributed by atoms with Gasteiger partial charge in [-0.25, -0.2) is 0 Å². The number of nitrogens with one attached hydrogen (secondary N) is 1. The molecular weight excluding hydrogens is 338 g/mol. The fourth-order valence-corrected chi connectivity index (χ4v) is 4.94. The molecule has 0 spiro atoms. The number of rotatable bonds is 6. The Hall–Kier alpha value is -2.01. The molecule has 2 aliphatic rings. The number of methoxy groups -OCH3 is 1. The second-order valence-corrected chi connectivity index (χ2v) is 7.96. The van der Waals surface area contributed by atoms with Crippen molar-refractivity contribution < 1.29 is 9.53 Å². The smallest absolute Gasteiger partial charge is 0.221 e. The number of carbonyl (C=O) groups is 1. The topological polar surface area (TPSA) is 46.5 Å². The summed E-state index contributed by atoms with van der Waals surface area (Å²) in [5.41, 5.74) is 1.12. The minimum atomic E-state index is 0.160. The van der Waals surface area contributed by atoms with Gasteiger partial charge in [0.25, 0.3) is 0 Å². The van der Waals surface area contributed by atoms with E-state index in [1.165, 1.54) is 45.2 Å². The van der Waals surface area contributed by atoms with Crippen LogP contribution in [0.4, 0.5) is 0 Å². The van der Waals surface area contributed by atoms with E-state index in [1.54, 1.807) is 7.11 Å². The van der Waals surface area contributed by atoms with Crippen LogP contribution in [0.15, 0.2) is 30.5 Å². The second kappa shape index (κ2) is 8.34. The minimum Gasteiger partial charge on any atom is -0.496 e. The number of hydrogen-bond donors (Lipinski definition) is 1. The van der Waals surface area contributed by atoms with Crippen molar-refractivity contribution in [3.63, 3.8) is 0 Å². The van der Waals surface area contributed by atoms with Gasteiger partial charge in [-0.05, 0) is 62.9 Å². The Morgan fingerprint density at radius 2 is 2.07 bits per heavy atom. The van der Waals surface area contributed by atoms with Crippen LogP contribution >= 0.6 is 0 Å². The molecule has 2 fully saturated rings. The number of piperidine rings is 2. The molecule has 0 bridgehead atoms. The van der Waals surface area contributed by atoms with E-state index in [-0.39, 0.29) is 5.91 Å². The first-order valence-corrected chi connectivity index (χ1v) is 10.4. The van der Waals surface area contributed by atoms with Crippen molar-refractivity contribution in [3.8, 4) is 5.75 Å². The average molecular weight is 370 g/mol. The molecule has 2 aliphatic heterocycles. The SMILES string of the molecule is COc1cccc2c1ccn2CCC(=O)NC[C@H]1CCCN2CCCC[C@H]12. The van der Waals surface area contributed by atoms with E-state index in [1.807, 2.05) is 18.3 Å². The molecule has 2 atom stereocenters. The largest absolute Gasteiger partial charge is 0.496 e. The number of ether oxygens (including phenoxy) is 1. The van der Waals surface area contributed by atoms with Crippen molar-refractivity contribution in [1.29, 1.82) is 0 Å². The third-order valence-electron chi connectivity index (χ3n) is 6.36. The molecule has 27 heavy (non-hydrogen) atoms. The van der Waals surface area contributed by atoms with Crippen LogP contribution in [0.3, 0.4) is 0 Å². The van der Waals surface area contributed by atoms with E-state index in [9.17, 15) is 4.79 Å². The number of amides is 1. The van der Waals surface area contributed by atoms with Crippen LogP contribution in [0.1, 0.15) is 38.5 Å². The number of benzene rings is 1. The summed E-state index contributed by atoms with van der Waals surface area (Å²) in [4.78, 5) is 15.1. The van der Waals surface area contributed by atoms with Crippen LogP contribution in [-0.2, 0) is 11.3 Å². The highest BCUT2D eigenvalue weighted by Gasteiger charge is 2.32. The van der Waals surface area contributed by atoms with Crippen LogP contribution in [0.5, 0.6) is 5.75 Å². The third kappa shape index (κ3) is 3.98. The summed E-state index contributed by atoms with van der Waals surface area (Å²) in [5.74, 6) is 1.66. The van der Waals surface area contributed by atoms with Gasteiger partial charge < -0.3 is 19.5 Å². The van der Waals surface area contributed by atoms with Gasteiger partial charge in [-0.1, -0.05) is 12.5 Å². The zero-order chi connectivity index (χ0) is 18.6. The van der Waals surface area contributed by atoms with E-state index in [4.69, 9.17) is 4.74 Å². The van der Waals surface area contributed by atoms with Crippen molar-refractivity contribution >= 4 is 16.8 Å². The van der Waals surface area contributed by atoms with Gasteiger partial charge in [0.05, 0.1) is 12.6 Å². The van der Waals surface area contributed by atoms with Crippen LogP contribution in [-0.4, -0.2) is 48.2 Å². The highest BCUT2D eigenvalue weighted by molar-refractivity contribution is 5.86. The van der Waals surface area contributed by atoms with Crippen molar-refractivity contribution in [2.45, 2.75) is 51.1 Å². The lowest BCUT2D eigenvalue weighted by atomic mass is 9.83. The van der Waals surface area contributed by atoms with Gasteiger partial charge >= 0.3 is 0 Å². The number of aromatic nitrogens is 1. The van der Waals surface area contributed by atoms with Gasteiger partial charge in [-0.15, -0.1) is 0 Å². The fourth-order valence-electron chi connectivity index (χ4n) is 4.94. The molecule has 0 aliphatic carbocycles. The predicted octanol–water partition coefficient (Wildman–Crippen LogP) is 3.42. The summed E-state index contributed by atoms with van der Waals surface area (Å²) in [5, 5.41) is 4.31. The molecule has 2 saturated heterocycles. The lowest BCUT2D eigenvalue weighted by molar-refractivity contribution is -0.121. The molecule has 2 aromatic rings. The predicted molar refractivity (Wildman–Crippen MR) is 108 cm³/mol. The molecule has 0 radical (unpaired) electrons. The van der Waals surface area contributed by atoms with E-state index >= 15 is 0 Å². The first-order valence-electron chi connectivity index (χ1n) is 10.4. The molecule has 1 aromatic carbocycles. The molecule has 3 heterocycles. The Morgan fingerprint density at radius 1 is 1.19 bits per heavy atom. The quantitative estimate of drug-likeness (QED) is 0.849. The Balaban J connectivity index is 1.30. The fraction of sp³-hybridized carbons (Fsp3) is 0.591. The molecule has 1 amide bonds. The molecule has 5 nitrogen and oxygen atoms in total. The van der Waals surface area contributed by atoms with Crippen LogP contribution < -0.4 is 10.1 Å². The summed E-state index contributed by atoms with van der Waals surface area (Å²) in [6.45, 7) is 4.03. The molecular formula is C22H31N3O2. The van der Waals surface area contributed by atoms with Crippen molar-refractivity contribution in [3.05, 3.63) is 30.5 Å². The molecule has 146 valence electrons. The maximum atomic E-state index is 12.4. The zero-order valence-corrected chi connectivity index (χ0v) is 16.3. The Morgan fingerprint density at radius 3 is 2.96 bits per heavy atom. The monoisotopic (exact) mass is 369 g/mol. The van der Waals surface area contributed by atoms with Crippen LogP contribution in [0.25, 0.3) is 10.9 Å². The highest BCUT2D eigenvalue weighted by Crippen LogP contribution is 2.30. The molecule has 5 heteroatoms. The maximum absolute atomic E-state index is 12.4. The average Bonchev–Trinajstić information content (AvgIpc) is 3.14. The second-order valence-electron chi connectivity index (χ2n) is 7.96. The van der Waals surface area contributed by atoms with Gasteiger partial charge in [-0.3, -0.25) is 4.79 Å². The van der Waals surface area contributed by atoms with Gasteiger partial charge in [0.15, 0.2) is 0 Å². The molecule has 1 N–H and O–H groups in total. The standard InChI is InChI=1S/C22H31N3O2/c1-27-21-9-4-8-20-18(21)10-14-25(20)15-11-22(26)23-16-17-6-5-13-24-12-3-2-7-19(17)24/h4,8-10,14,17,19H,2-3,5-7,11-13,15-16H2,1H3,(H,23,26)/t17-,19-/m1/s1. The van der Waals surface area contributed by atoms with Crippen LogP contribution in [0.2, 0.25) is 0 Å². The number of nitrogens with zero attached hydrogens (tertiary/aromatic N) is 2. The Kier molecular flexibility index (Phi) is 5.67. The number of fused-ring (bicyclic) bond motifs is 2. The molecule has 1 aromatic heterocycles. The van der Waals surface area contributed by atoms with Crippen molar-refractivity contribution in [2.24, 2.45) is 5.92 Å². The molecule has 0 saturated carbocycles. The first-order chi connectivity index (χ1) is 13.3. The number of aryl methyl sites for hydroxylation is 1. The molecule has 0 unspecified atom stereocenters. The summed E-state index contributed by atoms with van der Waals surface area (Å²) in [6.07, 6.45) is 9.07. The van der Waals surface area contributed by atoms with Gasteiger partial charge in [0.2, 0.25) is 5.91 Å². The number of carbonyl (C=O) groups excluding carboxylic acids is 1. The summed E-state index contributed by atoms with van der Waals surface area (Å²) in [7, 11) is 1.69. The maximum Gasteiger partial charge on any atom is 0.221 e. The van der Waals surface area contributed by atoms with Gasteiger partial charge in [0, 0.05) is 37.1 Å². The Bertz CT molecular complexity index is 783. The zero-order valence-electron chi connectivity index (χ0n) is 16.3. The highest BCUT2D eigenvalue weighted by atomic mass is 16.5. The third-order valence-corrected chi connectivity index (χ3v) is 6.36. The van der Waals surface area contributed by atoms with Gasteiger partial charge in [-0.2, -0.15) is 0 Å². The van der Waals surface area contributed by atoms with Crippen LogP contribution in [0, 0.1) is 5.92 Å². The first kappa shape index (κ1) is 18.4. The minimum absolute atomic E-state index is 0.160. The Labute approximate surface area is 161 Å². The molecule has 4 rings (SSSR count).